The smallest absolute Gasteiger partial charge is 0.150 e. The Hall–Kier alpha value is -2.04. The third kappa shape index (κ3) is 2.60. The van der Waals surface area contributed by atoms with Crippen molar-refractivity contribution in [2.75, 3.05) is 11.1 Å². The number of rotatable bonds is 2. The number of pyridine rings is 1. The Labute approximate surface area is 130 Å². The predicted molar refractivity (Wildman–Crippen MR) is 85.9 cm³/mol. The van der Waals surface area contributed by atoms with Gasteiger partial charge in [0.05, 0.1) is 15.6 Å². The Morgan fingerprint density at radius 3 is 2.67 bits per heavy atom. The van der Waals surface area contributed by atoms with Crippen molar-refractivity contribution in [1.82, 2.24) is 4.98 Å². The first-order valence-corrected chi connectivity index (χ1v) is 6.86. The molecule has 0 fully saturated rings. The first kappa shape index (κ1) is 13.9. The molecule has 3 N–H and O–H groups in total. The molecule has 0 amide bonds. The second-order valence-corrected chi connectivity index (χ2v) is 5.29. The molecule has 106 valence electrons. The summed E-state index contributed by atoms with van der Waals surface area (Å²) in [5.41, 5.74) is 7.48. The second-order valence-electron chi connectivity index (χ2n) is 4.48. The zero-order chi connectivity index (χ0) is 15.0. The van der Waals surface area contributed by atoms with Gasteiger partial charge >= 0.3 is 0 Å². The fourth-order valence-corrected chi connectivity index (χ4v) is 2.37. The van der Waals surface area contributed by atoms with Gasteiger partial charge in [0.1, 0.15) is 5.69 Å². The molecule has 0 aliphatic carbocycles. The molecule has 0 aliphatic heterocycles. The molecule has 1 aromatic heterocycles. The van der Waals surface area contributed by atoms with E-state index in [1.807, 2.05) is 0 Å². The number of nitrogens with zero attached hydrogens (tertiary/aromatic N) is 1. The summed E-state index contributed by atoms with van der Waals surface area (Å²) in [5, 5.41) is 4.47. The van der Waals surface area contributed by atoms with Crippen LogP contribution in [-0.4, -0.2) is 4.98 Å². The van der Waals surface area contributed by atoms with Gasteiger partial charge in [-0.2, -0.15) is 0 Å². The maximum atomic E-state index is 14.2. The number of fused-ring (bicyclic) bond motifs is 1. The van der Waals surface area contributed by atoms with Crippen molar-refractivity contribution in [3.05, 3.63) is 58.5 Å². The van der Waals surface area contributed by atoms with Gasteiger partial charge in [-0.05, 0) is 36.4 Å². The number of hydrogen-bond donors (Lipinski definition) is 2. The van der Waals surface area contributed by atoms with Gasteiger partial charge in [-0.15, -0.1) is 0 Å². The first-order valence-electron chi connectivity index (χ1n) is 6.11. The molecule has 0 atom stereocenters. The van der Waals surface area contributed by atoms with E-state index >= 15 is 0 Å². The molecular formula is C15H10Cl2FN3. The van der Waals surface area contributed by atoms with Crippen molar-refractivity contribution in [3.8, 4) is 0 Å². The van der Waals surface area contributed by atoms with Crippen LogP contribution >= 0.6 is 23.2 Å². The highest BCUT2D eigenvalue weighted by atomic mass is 35.5. The van der Waals surface area contributed by atoms with E-state index in [2.05, 4.69) is 10.3 Å². The summed E-state index contributed by atoms with van der Waals surface area (Å²) in [7, 11) is 0. The van der Waals surface area contributed by atoms with Crippen molar-refractivity contribution in [2.45, 2.75) is 0 Å². The van der Waals surface area contributed by atoms with Gasteiger partial charge in [-0.3, -0.25) is 4.98 Å². The minimum Gasteiger partial charge on any atom is -0.398 e. The van der Waals surface area contributed by atoms with Crippen LogP contribution in [0.3, 0.4) is 0 Å². The van der Waals surface area contributed by atoms with E-state index in [-0.39, 0.29) is 5.69 Å². The summed E-state index contributed by atoms with van der Waals surface area (Å²) in [6.07, 6.45) is 1.58. The maximum absolute atomic E-state index is 14.2. The average molecular weight is 322 g/mol. The molecule has 6 heteroatoms. The Balaban J connectivity index is 2.14. The van der Waals surface area contributed by atoms with Crippen LogP contribution < -0.4 is 11.1 Å². The minimum absolute atomic E-state index is 0.248. The highest BCUT2D eigenvalue weighted by Crippen LogP contribution is 2.33. The number of hydrogen-bond acceptors (Lipinski definition) is 3. The summed E-state index contributed by atoms with van der Waals surface area (Å²) in [4.78, 5) is 4.20. The van der Waals surface area contributed by atoms with Gasteiger partial charge < -0.3 is 11.1 Å². The number of nitrogen functional groups attached to an aromatic ring is 1. The van der Waals surface area contributed by atoms with Gasteiger partial charge in [0, 0.05) is 23.0 Å². The Morgan fingerprint density at radius 2 is 1.90 bits per heavy atom. The minimum atomic E-state index is -0.482. The molecule has 0 bridgehead atoms. The summed E-state index contributed by atoms with van der Waals surface area (Å²) in [5.74, 6) is -0.482. The molecule has 3 nitrogen and oxygen atoms in total. The maximum Gasteiger partial charge on any atom is 0.150 e. The molecule has 3 rings (SSSR count). The molecule has 2 aromatic carbocycles. The molecule has 21 heavy (non-hydrogen) atoms. The molecular weight excluding hydrogens is 312 g/mol. The van der Waals surface area contributed by atoms with Gasteiger partial charge in [0.2, 0.25) is 0 Å². The van der Waals surface area contributed by atoms with E-state index in [9.17, 15) is 4.39 Å². The number of benzene rings is 2. The van der Waals surface area contributed by atoms with Crippen LogP contribution in [0.2, 0.25) is 10.0 Å². The summed E-state index contributed by atoms with van der Waals surface area (Å²) in [6, 6.07) is 9.77. The van der Waals surface area contributed by atoms with E-state index in [0.717, 1.165) is 0 Å². The van der Waals surface area contributed by atoms with Gasteiger partial charge in [-0.1, -0.05) is 23.2 Å². The molecule has 0 radical (unpaired) electrons. The fraction of sp³-hybridized carbons (Fsp3) is 0. The topological polar surface area (TPSA) is 50.9 Å². The number of anilines is 3. The monoisotopic (exact) mass is 321 g/mol. The van der Waals surface area contributed by atoms with E-state index in [4.69, 9.17) is 28.9 Å². The lowest BCUT2D eigenvalue weighted by molar-refractivity contribution is 0.634. The van der Waals surface area contributed by atoms with Crippen LogP contribution in [0.1, 0.15) is 0 Å². The zero-order valence-electron chi connectivity index (χ0n) is 10.7. The molecule has 0 unspecified atom stereocenters. The molecule has 0 saturated carbocycles. The van der Waals surface area contributed by atoms with Gasteiger partial charge in [-0.25, -0.2) is 4.39 Å². The first-order chi connectivity index (χ1) is 10.1. The fourth-order valence-electron chi connectivity index (χ4n) is 2.07. The van der Waals surface area contributed by atoms with E-state index in [1.54, 1.807) is 36.5 Å². The molecule has 0 spiro atoms. The standard InChI is InChI=1S/C15H10Cl2FN3/c16-10-4-3-8(6-11(10)17)21-15-12(18)7-13(19)9-2-1-5-20-14(9)15/h1-7,21H,19H2. The number of aromatic nitrogens is 1. The molecule has 1 heterocycles. The van der Waals surface area contributed by atoms with Crippen LogP contribution in [-0.2, 0) is 0 Å². The number of halogens is 3. The third-order valence-corrected chi connectivity index (χ3v) is 3.80. The van der Waals surface area contributed by atoms with Crippen molar-refractivity contribution in [1.29, 1.82) is 0 Å². The SMILES string of the molecule is Nc1cc(F)c(Nc2ccc(Cl)c(Cl)c2)c2ncccc12. The van der Waals surface area contributed by atoms with Crippen LogP contribution in [0.25, 0.3) is 10.9 Å². The van der Waals surface area contributed by atoms with Crippen LogP contribution in [0, 0.1) is 5.82 Å². The number of nitrogens with one attached hydrogen (secondary N) is 1. The van der Waals surface area contributed by atoms with E-state index in [0.29, 0.717) is 32.3 Å². The largest absolute Gasteiger partial charge is 0.398 e. The van der Waals surface area contributed by atoms with Crippen molar-refractivity contribution >= 4 is 51.2 Å². The highest BCUT2D eigenvalue weighted by molar-refractivity contribution is 6.42. The lowest BCUT2D eigenvalue weighted by Gasteiger charge is -2.12. The lowest BCUT2D eigenvalue weighted by Crippen LogP contribution is -1.99. The predicted octanol–water partition coefficient (Wildman–Crippen LogP) is 5.01. The second kappa shape index (κ2) is 5.39. The van der Waals surface area contributed by atoms with Crippen molar-refractivity contribution in [3.63, 3.8) is 0 Å². The Morgan fingerprint density at radius 1 is 1.10 bits per heavy atom. The summed E-state index contributed by atoms with van der Waals surface area (Å²) in [6.45, 7) is 0. The molecule has 0 saturated heterocycles. The van der Waals surface area contributed by atoms with E-state index in [1.165, 1.54) is 6.07 Å². The van der Waals surface area contributed by atoms with Crippen molar-refractivity contribution < 1.29 is 4.39 Å². The highest BCUT2D eigenvalue weighted by Gasteiger charge is 2.12. The Bertz CT molecular complexity index is 837. The number of nitrogens with two attached hydrogens (primary N) is 1. The quantitative estimate of drug-likeness (QED) is 0.652. The van der Waals surface area contributed by atoms with Crippen molar-refractivity contribution in [2.24, 2.45) is 0 Å². The lowest BCUT2D eigenvalue weighted by atomic mass is 10.1. The molecule has 0 aliphatic rings. The zero-order valence-corrected chi connectivity index (χ0v) is 12.2. The van der Waals surface area contributed by atoms with E-state index < -0.39 is 5.82 Å². The summed E-state index contributed by atoms with van der Waals surface area (Å²) >= 11 is 11.8. The van der Waals surface area contributed by atoms with Gasteiger partial charge in [0.15, 0.2) is 5.82 Å². The normalized spacial score (nSPS) is 10.8. The van der Waals surface area contributed by atoms with Gasteiger partial charge in [0.25, 0.3) is 0 Å². The molecule has 3 aromatic rings. The van der Waals surface area contributed by atoms with Crippen LogP contribution in [0.5, 0.6) is 0 Å². The Kier molecular flexibility index (Phi) is 3.57. The van der Waals surface area contributed by atoms with Crippen LogP contribution in [0.4, 0.5) is 21.5 Å². The summed E-state index contributed by atoms with van der Waals surface area (Å²) < 4.78 is 14.2. The average Bonchev–Trinajstić information content (AvgIpc) is 2.47. The van der Waals surface area contributed by atoms with Crippen LogP contribution in [0.15, 0.2) is 42.6 Å². The third-order valence-electron chi connectivity index (χ3n) is 3.07.